The zero-order chi connectivity index (χ0) is 27.9. The molecule has 0 atom stereocenters. The van der Waals surface area contributed by atoms with Crippen molar-refractivity contribution in [2.45, 2.75) is 64.5 Å². The van der Waals surface area contributed by atoms with Gasteiger partial charge in [-0.3, -0.25) is 23.9 Å². The fourth-order valence-corrected chi connectivity index (χ4v) is 6.13. The summed E-state index contributed by atoms with van der Waals surface area (Å²) in [6, 6.07) is 13.9. The van der Waals surface area contributed by atoms with Crippen LogP contribution in [0.2, 0.25) is 0 Å². The van der Waals surface area contributed by atoms with E-state index in [0.717, 1.165) is 59.8 Å². The largest absolute Gasteiger partial charge is 0.461 e. The average Bonchev–Trinajstić information content (AvgIpc) is 3.17. The van der Waals surface area contributed by atoms with Crippen molar-refractivity contribution in [1.82, 2.24) is 9.47 Å². The number of nitrogens with two attached hydrogens (primary N) is 1. The Hall–Kier alpha value is -3.65. The lowest BCUT2D eigenvalue weighted by Crippen LogP contribution is -2.34. The van der Waals surface area contributed by atoms with Gasteiger partial charge < -0.3 is 15.8 Å². The van der Waals surface area contributed by atoms with Crippen molar-refractivity contribution in [2.24, 2.45) is 11.1 Å². The molecule has 1 fully saturated rings. The van der Waals surface area contributed by atoms with Crippen molar-refractivity contribution in [2.75, 3.05) is 26.0 Å². The second-order valence-electron chi connectivity index (χ2n) is 12.1. The number of hydrogen-bond donors (Lipinski definition) is 2. The van der Waals surface area contributed by atoms with Gasteiger partial charge in [-0.05, 0) is 75.4 Å². The number of anilines is 1. The summed E-state index contributed by atoms with van der Waals surface area (Å²) < 4.78 is 7.52. The van der Waals surface area contributed by atoms with Gasteiger partial charge in [0.1, 0.15) is 6.10 Å². The van der Waals surface area contributed by atoms with Crippen LogP contribution in [0.4, 0.5) is 5.69 Å². The van der Waals surface area contributed by atoms with Gasteiger partial charge in [-0.2, -0.15) is 0 Å². The van der Waals surface area contributed by atoms with Crippen LogP contribution < -0.4 is 11.1 Å². The van der Waals surface area contributed by atoms with Gasteiger partial charge in [0.05, 0.1) is 17.6 Å². The second-order valence-corrected chi connectivity index (χ2v) is 12.1. The normalized spacial score (nSPS) is 20.6. The summed E-state index contributed by atoms with van der Waals surface area (Å²) in [4.78, 5) is 39.5. The molecule has 1 aromatic heterocycles. The third-order valence-corrected chi connectivity index (χ3v) is 7.85. The molecule has 0 unspecified atom stereocenters. The second kappa shape index (κ2) is 10.5. The number of aromatic nitrogens is 1. The Balaban J connectivity index is 1.45. The minimum atomic E-state index is -0.490. The Labute approximate surface area is 229 Å². The smallest absolute Gasteiger partial charge is 0.320 e. The number of nitrogens with zero attached hydrogens (tertiary/aromatic N) is 2. The highest BCUT2D eigenvalue weighted by Gasteiger charge is 2.35. The van der Waals surface area contributed by atoms with Crippen molar-refractivity contribution in [3.63, 3.8) is 0 Å². The summed E-state index contributed by atoms with van der Waals surface area (Å²) in [5, 5.41) is 4.59. The first kappa shape index (κ1) is 26.9. The molecule has 1 aliphatic carbocycles. The lowest BCUT2D eigenvalue weighted by atomic mass is 9.80. The maximum Gasteiger partial charge on any atom is 0.320 e. The maximum absolute atomic E-state index is 13.2. The predicted octanol–water partition coefficient (Wildman–Crippen LogP) is 4.85. The fourth-order valence-electron chi connectivity index (χ4n) is 6.13. The monoisotopic (exact) mass is 530 g/mol. The Kier molecular flexibility index (Phi) is 7.25. The van der Waals surface area contributed by atoms with Crippen LogP contribution in [0.3, 0.4) is 0 Å². The summed E-state index contributed by atoms with van der Waals surface area (Å²) in [5.74, 6) is -0.584. The first-order valence-corrected chi connectivity index (χ1v) is 13.7. The van der Waals surface area contributed by atoms with Gasteiger partial charge in [0.15, 0.2) is 0 Å². The molecule has 39 heavy (non-hydrogen) atoms. The Morgan fingerprint density at radius 2 is 1.79 bits per heavy atom. The van der Waals surface area contributed by atoms with E-state index in [0.29, 0.717) is 17.7 Å². The third-order valence-electron chi connectivity index (χ3n) is 7.85. The van der Waals surface area contributed by atoms with E-state index >= 15 is 0 Å². The van der Waals surface area contributed by atoms with Crippen LogP contribution in [0, 0.1) is 5.41 Å². The molecule has 1 saturated carbocycles. The Morgan fingerprint density at radius 3 is 2.49 bits per heavy atom. The number of nitrogens with one attached hydrogen (secondary N) is 1. The van der Waals surface area contributed by atoms with E-state index in [2.05, 4.69) is 25.2 Å². The van der Waals surface area contributed by atoms with Crippen LogP contribution in [0.1, 0.15) is 66.8 Å². The quantitative estimate of drug-likeness (QED) is 0.423. The SMILES string of the molecule is CN(C)CC(=O)OC1CCC(Nc2cc(-c3c4n(c5ccccc35)C(=O)CC(C)(C)C4)ccc2C(N)=O)CC1. The number of carbonyl (C=O) groups excluding carboxylic acids is 3. The van der Waals surface area contributed by atoms with Crippen LogP contribution in [0.25, 0.3) is 22.0 Å². The minimum Gasteiger partial charge on any atom is -0.461 e. The van der Waals surface area contributed by atoms with E-state index in [9.17, 15) is 14.4 Å². The van der Waals surface area contributed by atoms with Crippen molar-refractivity contribution in [3.05, 3.63) is 53.7 Å². The first-order valence-electron chi connectivity index (χ1n) is 13.7. The lowest BCUT2D eigenvalue weighted by Gasteiger charge is -2.31. The molecule has 0 radical (unpaired) electrons. The van der Waals surface area contributed by atoms with Gasteiger partial charge in [0, 0.05) is 34.8 Å². The highest BCUT2D eigenvalue weighted by molar-refractivity contribution is 6.06. The number of rotatable bonds is 7. The summed E-state index contributed by atoms with van der Waals surface area (Å²) in [7, 11) is 3.69. The Morgan fingerprint density at radius 1 is 1.08 bits per heavy atom. The van der Waals surface area contributed by atoms with Crippen molar-refractivity contribution in [1.29, 1.82) is 0 Å². The van der Waals surface area contributed by atoms with Gasteiger partial charge in [-0.25, -0.2) is 0 Å². The number of likely N-dealkylation sites (N-methyl/N-ethyl adjacent to an activating group) is 1. The van der Waals surface area contributed by atoms with Gasteiger partial charge in [-0.15, -0.1) is 0 Å². The number of benzene rings is 2. The first-order chi connectivity index (χ1) is 18.5. The fraction of sp³-hybridized carbons (Fsp3) is 0.452. The molecular weight excluding hydrogens is 492 g/mol. The molecule has 0 saturated heterocycles. The molecule has 2 heterocycles. The topological polar surface area (TPSA) is 107 Å². The van der Waals surface area contributed by atoms with E-state index in [4.69, 9.17) is 10.5 Å². The summed E-state index contributed by atoms with van der Waals surface area (Å²) >= 11 is 0. The van der Waals surface area contributed by atoms with Crippen molar-refractivity contribution < 1.29 is 19.1 Å². The molecule has 3 N–H and O–H groups in total. The molecule has 206 valence electrons. The minimum absolute atomic E-state index is 0.0856. The molecule has 3 aromatic rings. The molecule has 1 amide bonds. The molecule has 8 heteroatoms. The van der Waals surface area contributed by atoms with E-state index < -0.39 is 5.91 Å². The number of carbonyl (C=O) groups is 3. The lowest BCUT2D eigenvalue weighted by molar-refractivity contribution is -0.151. The van der Waals surface area contributed by atoms with Crippen molar-refractivity contribution >= 4 is 34.4 Å². The predicted molar refractivity (Wildman–Crippen MR) is 153 cm³/mol. The Bertz CT molecular complexity index is 1430. The number of esters is 1. The van der Waals surface area contributed by atoms with Crippen molar-refractivity contribution in [3.8, 4) is 11.1 Å². The maximum atomic E-state index is 13.2. The van der Waals surface area contributed by atoms with Gasteiger partial charge in [-0.1, -0.05) is 38.1 Å². The van der Waals surface area contributed by atoms with E-state index in [1.165, 1.54) is 0 Å². The van der Waals surface area contributed by atoms with E-state index in [1.54, 1.807) is 11.0 Å². The number of primary amides is 1. The molecule has 5 rings (SSSR count). The van der Waals surface area contributed by atoms with Crippen LogP contribution in [0.15, 0.2) is 42.5 Å². The van der Waals surface area contributed by atoms with Gasteiger partial charge in [0.2, 0.25) is 5.91 Å². The van der Waals surface area contributed by atoms with Crippen LogP contribution in [-0.2, 0) is 16.0 Å². The van der Waals surface area contributed by atoms with Crippen LogP contribution >= 0.6 is 0 Å². The number of fused-ring (bicyclic) bond motifs is 3. The summed E-state index contributed by atoms with van der Waals surface area (Å²) in [5.41, 5.74) is 10.7. The molecule has 8 nitrogen and oxygen atoms in total. The van der Waals surface area contributed by atoms with E-state index in [1.807, 2.05) is 49.0 Å². The summed E-state index contributed by atoms with van der Waals surface area (Å²) in [6.07, 6.45) is 4.34. The van der Waals surface area contributed by atoms with Crippen LogP contribution in [0.5, 0.6) is 0 Å². The number of para-hydroxylation sites is 1. The molecule has 0 bridgehead atoms. The van der Waals surface area contributed by atoms with Crippen LogP contribution in [-0.4, -0.2) is 60.0 Å². The highest BCUT2D eigenvalue weighted by atomic mass is 16.5. The van der Waals surface area contributed by atoms with Gasteiger partial charge >= 0.3 is 5.97 Å². The zero-order valence-electron chi connectivity index (χ0n) is 23.3. The average molecular weight is 531 g/mol. The molecule has 2 aliphatic rings. The summed E-state index contributed by atoms with van der Waals surface area (Å²) in [6.45, 7) is 4.54. The number of amides is 1. The standard InChI is InChI=1S/C31H38N4O4/c1-31(2)16-26-29(23-7-5-6-8-25(23)35(26)27(36)17-31)19-9-14-22(30(32)38)24(15-19)33-20-10-12-21(13-11-20)39-28(37)18-34(3)4/h5-9,14-15,20-21,33H,10-13,16-18H2,1-4H3,(H2,32,38). The van der Waals surface area contributed by atoms with Gasteiger partial charge in [0.25, 0.3) is 5.91 Å². The third kappa shape index (κ3) is 5.57. The molecule has 2 aromatic carbocycles. The molecule has 0 spiro atoms. The zero-order valence-corrected chi connectivity index (χ0v) is 23.3. The number of ether oxygens (including phenoxy) is 1. The molecular formula is C31H38N4O4. The van der Waals surface area contributed by atoms with E-state index in [-0.39, 0.29) is 36.0 Å². The number of hydrogen-bond acceptors (Lipinski definition) is 6. The highest BCUT2D eigenvalue weighted by Crippen LogP contribution is 2.43. The molecule has 1 aliphatic heterocycles.